The molecule has 380 valence electrons. The summed E-state index contributed by atoms with van der Waals surface area (Å²) in [6.07, 6.45) is 53.8. The fraction of sp³-hybridized carbons (Fsp3) is 0.948. The summed E-state index contributed by atoms with van der Waals surface area (Å²) in [5.41, 5.74) is 0. The van der Waals surface area contributed by atoms with E-state index in [1.807, 2.05) is 0 Å². The van der Waals surface area contributed by atoms with Crippen LogP contribution in [0.5, 0.6) is 0 Å². The Morgan fingerprint density at radius 2 is 0.516 bits per heavy atom. The van der Waals surface area contributed by atoms with E-state index in [4.69, 9.17) is 14.2 Å². The van der Waals surface area contributed by atoms with Crippen LogP contribution in [0.4, 0.5) is 0 Å². The summed E-state index contributed by atoms with van der Waals surface area (Å²) in [6, 6.07) is 0. The molecule has 0 unspecified atom stereocenters. The van der Waals surface area contributed by atoms with E-state index in [0.717, 1.165) is 69.6 Å². The fourth-order valence-electron chi connectivity index (χ4n) is 8.87. The molecule has 0 aromatic rings. The van der Waals surface area contributed by atoms with Crippen LogP contribution in [0.15, 0.2) is 0 Å². The van der Waals surface area contributed by atoms with Crippen LogP contribution in [-0.4, -0.2) is 37.2 Å². The van der Waals surface area contributed by atoms with E-state index in [2.05, 4.69) is 34.6 Å². The fourth-order valence-corrected chi connectivity index (χ4v) is 8.87. The van der Waals surface area contributed by atoms with Gasteiger partial charge in [0.25, 0.3) is 0 Å². The van der Waals surface area contributed by atoms with Gasteiger partial charge in [-0.3, -0.25) is 14.4 Å². The minimum atomic E-state index is -0.763. The highest BCUT2D eigenvalue weighted by molar-refractivity contribution is 5.71. The Morgan fingerprint density at radius 1 is 0.297 bits per heavy atom. The van der Waals surface area contributed by atoms with Gasteiger partial charge < -0.3 is 14.2 Å². The molecule has 0 bridgehead atoms. The second-order valence-corrected chi connectivity index (χ2v) is 20.9. The molecule has 0 saturated carbocycles. The highest BCUT2D eigenvalue weighted by atomic mass is 16.6. The van der Waals surface area contributed by atoms with E-state index in [9.17, 15) is 14.4 Å². The second-order valence-electron chi connectivity index (χ2n) is 20.9. The normalized spacial score (nSPS) is 12.0. The highest BCUT2D eigenvalue weighted by Crippen LogP contribution is 2.18. The highest BCUT2D eigenvalue weighted by Gasteiger charge is 2.19. The van der Waals surface area contributed by atoms with Crippen LogP contribution in [0.3, 0.4) is 0 Å². The van der Waals surface area contributed by atoms with E-state index in [-0.39, 0.29) is 31.1 Å². The topological polar surface area (TPSA) is 78.9 Å². The predicted octanol–water partition coefficient (Wildman–Crippen LogP) is 18.9. The molecule has 6 nitrogen and oxygen atoms in total. The third-order valence-corrected chi connectivity index (χ3v) is 13.2. The van der Waals surface area contributed by atoms with Crippen molar-refractivity contribution in [3.05, 3.63) is 0 Å². The van der Waals surface area contributed by atoms with Crippen molar-refractivity contribution in [3.8, 4) is 0 Å². The van der Waals surface area contributed by atoms with E-state index < -0.39 is 6.10 Å². The predicted molar refractivity (Wildman–Crippen MR) is 275 cm³/mol. The minimum absolute atomic E-state index is 0.0629. The summed E-state index contributed by atoms with van der Waals surface area (Å²) in [5.74, 6) is 0.815. The molecular formula is C58H112O6. The monoisotopic (exact) mass is 905 g/mol. The Morgan fingerprint density at radius 3 is 0.766 bits per heavy atom. The van der Waals surface area contributed by atoms with Crippen molar-refractivity contribution < 1.29 is 28.6 Å². The maximum atomic E-state index is 12.8. The third kappa shape index (κ3) is 51.4. The van der Waals surface area contributed by atoms with Gasteiger partial charge in [-0.25, -0.2) is 0 Å². The molecule has 64 heavy (non-hydrogen) atoms. The molecule has 1 atom stereocenters. The lowest BCUT2D eigenvalue weighted by atomic mass is 10.0. The van der Waals surface area contributed by atoms with Crippen LogP contribution in [0.25, 0.3) is 0 Å². The SMILES string of the molecule is CCCCCCCCCCCCCCCCCCCC(=O)OC[C@@H](COC(=O)CCCCCCCCCCCCCCCC(C)C)OC(=O)CCCCCCCCCCCCC(C)C. The molecule has 0 aliphatic heterocycles. The van der Waals surface area contributed by atoms with Crippen molar-refractivity contribution in [2.75, 3.05) is 13.2 Å². The van der Waals surface area contributed by atoms with Gasteiger partial charge in [0.15, 0.2) is 6.10 Å². The van der Waals surface area contributed by atoms with Crippen molar-refractivity contribution in [2.45, 2.75) is 330 Å². The van der Waals surface area contributed by atoms with E-state index in [1.165, 1.54) is 212 Å². The van der Waals surface area contributed by atoms with Gasteiger partial charge in [-0.05, 0) is 31.1 Å². The van der Waals surface area contributed by atoms with Crippen LogP contribution in [0.2, 0.25) is 0 Å². The molecule has 0 amide bonds. The largest absolute Gasteiger partial charge is 0.462 e. The molecule has 0 heterocycles. The first-order chi connectivity index (χ1) is 31.2. The molecule has 0 rings (SSSR count). The molecule has 0 radical (unpaired) electrons. The Balaban J connectivity index is 4.28. The van der Waals surface area contributed by atoms with Gasteiger partial charge in [-0.15, -0.1) is 0 Å². The summed E-state index contributed by atoms with van der Waals surface area (Å²) < 4.78 is 16.9. The number of carbonyl (C=O) groups is 3. The zero-order chi connectivity index (χ0) is 46.8. The summed E-state index contributed by atoms with van der Waals surface area (Å²) in [6.45, 7) is 11.4. The molecule has 0 aliphatic carbocycles. The van der Waals surface area contributed by atoms with Gasteiger partial charge in [-0.1, -0.05) is 285 Å². The number of ether oxygens (including phenoxy) is 3. The second kappa shape index (κ2) is 50.8. The quantitative estimate of drug-likeness (QED) is 0.0344. The molecule has 0 aliphatic rings. The number of hydrogen-bond acceptors (Lipinski definition) is 6. The number of unbranched alkanes of at least 4 members (excludes halogenated alkanes) is 37. The molecule has 6 heteroatoms. The third-order valence-electron chi connectivity index (χ3n) is 13.2. The van der Waals surface area contributed by atoms with Gasteiger partial charge in [0.2, 0.25) is 0 Å². The average Bonchev–Trinajstić information content (AvgIpc) is 3.27. The number of carbonyl (C=O) groups excluding carboxylic acids is 3. The maximum absolute atomic E-state index is 12.8. The number of esters is 3. The van der Waals surface area contributed by atoms with Crippen molar-refractivity contribution >= 4 is 17.9 Å². The maximum Gasteiger partial charge on any atom is 0.306 e. The van der Waals surface area contributed by atoms with Crippen molar-refractivity contribution in [1.29, 1.82) is 0 Å². The van der Waals surface area contributed by atoms with Crippen LogP contribution in [-0.2, 0) is 28.6 Å². The zero-order valence-corrected chi connectivity index (χ0v) is 43.9. The molecule has 0 fully saturated rings. The van der Waals surface area contributed by atoms with Crippen LogP contribution in [0.1, 0.15) is 324 Å². The minimum Gasteiger partial charge on any atom is -0.462 e. The number of rotatable bonds is 52. The van der Waals surface area contributed by atoms with E-state index in [1.54, 1.807) is 0 Å². The lowest BCUT2D eigenvalue weighted by molar-refractivity contribution is -0.167. The van der Waals surface area contributed by atoms with E-state index >= 15 is 0 Å². The van der Waals surface area contributed by atoms with Crippen molar-refractivity contribution in [2.24, 2.45) is 11.8 Å². The molecule has 0 spiro atoms. The molecule has 0 aromatic carbocycles. The van der Waals surface area contributed by atoms with Gasteiger partial charge in [0.05, 0.1) is 0 Å². The molecule has 0 N–H and O–H groups in total. The molecular weight excluding hydrogens is 793 g/mol. The zero-order valence-electron chi connectivity index (χ0n) is 43.9. The van der Waals surface area contributed by atoms with Crippen LogP contribution in [0, 0.1) is 11.8 Å². The summed E-state index contributed by atoms with van der Waals surface area (Å²) in [5, 5.41) is 0. The Hall–Kier alpha value is -1.59. The lowest BCUT2D eigenvalue weighted by Gasteiger charge is -2.18. The summed E-state index contributed by atoms with van der Waals surface area (Å²) in [4.78, 5) is 38.1. The van der Waals surface area contributed by atoms with Crippen LogP contribution < -0.4 is 0 Å². The Kier molecular flexibility index (Phi) is 49.6. The number of hydrogen-bond donors (Lipinski definition) is 0. The Bertz CT molecular complexity index is 978. The summed E-state index contributed by atoms with van der Waals surface area (Å²) >= 11 is 0. The first-order valence-electron chi connectivity index (χ1n) is 28.7. The van der Waals surface area contributed by atoms with Crippen molar-refractivity contribution in [3.63, 3.8) is 0 Å². The standard InChI is InChI=1S/C58H112O6/c1-6-7-8-9-10-11-12-13-14-15-16-19-22-28-33-38-43-48-56(59)62-51-55(64-58(61)50-45-40-35-30-25-24-27-32-37-42-47-54(4)5)52-63-57(60)49-44-39-34-29-23-20-17-18-21-26-31-36-41-46-53(2)3/h53-55H,6-52H2,1-5H3/t55-/m0/s1. The van der Waals surface area contributed by atoms with Gasteiger partial charge in [0.1, 0.15) is 13.2 Å². The summed E-state index contributed by atoms with van der Waals surface area (Å²) in [7, 11) is 0. The molecule has 0 aromatic heterocycles. The lowest BCUT2D eigenvalue weighted by Crippen LogP contribution is -2.30. The van der Waals surface area contributed by atoms with Crippen LogP contribution >= 0.6 is 0 Å². The van der Waals surface area contributed by atoms with E-state index in [0.29, 0.717) is 19.3 Å². The van der Waals surface area contributed by atoms with Gasteiger partial charge >= 0.3 is 17.9 Å². The first-order valence-corrected chi connectivity index (χ1v) is 28.7. The smallest absolute Gasteiger partial charge is 0.306 e. The van der Waals surface area contributed by atoms with Crippen molar-refractivity contribution in [1.82, 2.24) is 0 Å². The van der Waals surface area contributed by atoms with Gasteiger partial charge in [-0.2, -0.15) is 0 Å². The first kappa shape index (κ1) is 62.4. The Labute approximate surface area is 399 Å². The molecule has 0 saturated heterocycles. The average molecular weight is 906 g/mol. The van der Waals surface area contributed by atoms with Gasteiger partial charge in [0, 0.05) is 19.3 Å².